The number of aromatic nitrogens is 1. The number of anilines is 2. The van der Waals surface area contributed by atoms with Gasteiger partial charge in [0.05, 0.1) is 35.1 Å². The molecule has 0 fully saturated rings. The van der Waals surface area contributed by atoms with Gasteiger partial charge >= 0.3 is 0 Å². The minimum Gasteiger partial charge on any atom is -0.359 e. The predicted molar refractivity (Wildman–Crippen MR) is 54.2 cm³/mol. The Bertz CT molecular complexity index is 328. The number of carbonyl (C=O) groups is 1. The Hall–Kier alpha value is -0.850. The highest BCUT2D eigenvalue weighted by Gasteiger charge is 2.21. The fraction of sp³-hybridized carbons (Fsp3) is 0.143. The van der Waals surface area contributed by atoms with Crippen LogP contribution in [-0.4, -0.2) is 17.4 Å². The van der Waals surface area contributed by atoms with Crippen molar-refractivity contribution in [3.8, 4) is 0 Å². The summed E-state index contributed by atoms with van der Waals surface area (Å²) < 4.78 is 1.58. The first-order valence-electron chi connectivity index (χ1n) is 3.46. The van der Waals surface area contributed by atoms with Gasteiger partial charge in [-0.1, -0.05) is 0 Å². The average molecular weight is 275 g/mol. The molecule has 0 aromatic carbocycles. The van der Waals surface area contributed by atoms with E-state index in [1.54, 1.807) is 9.31 Å². The highest BCUT2D eigenvalue weighted by molar-refractivity contribution is 14.1. The van der Waals surface area contributed by atoms with Crippen LogP contribution in [0, 0.1) is 0 Å². The first kappa shape index (κ1) is 7.78. The number of nitrogens with one attached hydrogen (secondary N) is 1. The van der Waals surface area contributed by atoms with Crippen molar-refractivity contribution >= 4 is 40.3 Å². The fourth-order valence-corrected chi connectivity index (χ4v) is 1.61. The number of fused-ring (bicyclic) bond motifs is 1. The number of nitrogens with zero attached hydrogens (tertiary/aromatic N) is 2. The maximum atomic E-state index is 11.2. The van der Waals surface area contributed by atoms with Gasteiger partial charge in [0.1, 0.15) is 0 Å². The van der Waals surface area contributed by atoms with Gasteiger partial charge in [0.2, 0.25) is 0 Å². The smallest absolute Gasteiger partial charge is 0.255 e. The van der Waals surface area contributed by atoms with E-state index in [0.29, 0.717) is 6.54 Å². The molecule has 0 spiro atoms. The number of hydrogen-bond donors (Lipinski definition) is 1. The second kappa shape index (κ2) is 2.89. The molecule has 0 unspecified atom stereocenters. The van der Waals surface area contributed by atoms with Crippen molar-refractivity contribution in [2.75, 3.05) is 15.0 Å². The molecule has 1 aromatic heterocycles. The van der Waals surface area contributed by atoms with Crippen molar-refractivity contribution in [1.29, 1.82) is 0 Å². The zero-order chi connectivity index (χ0) is 8.55. The van der Waals surface area contributed by atoms with E-state index in [-0.39, 0.29) is 5.91 Å². The molecule has 5 heteroatoms. The van der Waals surface area contributed by atoms with Crippen LogP contribution in [0.1, 0.15) is 0 Å². The van der Waals surface area contributed by atoms with Crippen molar-refractivity contribution in [1.82, 2.24) is 4.98 Å². The molecule has 1 aliphatic rings. The normalized spacial score (nSPS) is 15.4. The molecule has 2 rings (SSSR count). The van der Waals surface area contributed by atoms with Crippen molar-refractivity contribution in [3.05, 3.63) is 18.3 Å². The van der Waals surface area contributed by atoms with Crippen LogP contribution in [0.3, 0.4) is 0 Å². The zero-order valence-electron chi connectivity index (χ0n) is 6.12. The number of halogens is 1. The summed E-state index contributed by atoms with van der Waals surface area (Å²) in [6.45, 7) is 0.326. The number of pyridine rings is 1. The Labute approximate surface area is 83.5 Å². The highest BCUT2D eigenvalue weighted by Crippen LogP contribution is 2.28. The average Bonchev–Trinajstić information content (AvgIpc) is 2.12. The summed E-state index contributed by atoms with van der Waals surface area (Å²) in [5.41, 5.74) is 0.828. The monoisotopic (exact) mass is 275 g/mol. The van der Waals surface area contributed by atoms with E-state index in [9.17, 15) is 4.79 Å². The lowest BCUT2D eigenvalue weighted by Gasteiger charge is -2.23. The Kier molecular flexibility index (Phi) is 1.87. The van der Waals surface area contributed by atoms with E-state index in [2.05, 4.69) is 10.3 Å². The molecule has 0 atom stereocenters. The van der Waals surface area contributed by atoms with Crippen LogP contribution in [0.5, 0.6) is 0 Å². The Balaban J connectivity index is 2.48. The van der Waals surface area contributed by atoms with E-state index in [0.717, 1.165) is 11.5 Å². The van der Waals surface area contributed by atoms with Crippen LogP contribution in [0.2, 0.25) is 0 Å². The van der Waals surface area contributed by atoms with Crippen LogP contribution in [-0.2, 0) is 4.79 Å². The molecular weight excluding hydrogens is 269 g/mol. The van der Waals surface area contributed by atoms with E-state index in [1.165, 1.54) is 0 Å². The third-order valence-corrected chi connectivity index (χ3v) is 2.68. The first-order valence-corrected chi connectivity index (χ1v) is 4.43. The lowest BCUT2D eigenvalue weighted by molar-refractivity contribution is -0.115. The Morgan fingerprint density at radius 2 is 2.50 bits per heavy atom. The number of hydrogen-bond acceptors (Lipinski definition) is 3. The second-order valence-electron chi connectivity index (χ2n) is 2.40. The van der Waals surface area contributed by atoms with Crippen molar-refractivity contribution < 1.29 is 4.79 Å². The first-order chi connectivity index (χ1) is 5.79. The molecule has 62 valence electrons. The van der Waals surface area contributed by atoms with E-state index in [1.807, 2.05) is 35.0 Å². The van der Waals surface area contributed by atoms with Crippen LogP contribution < -0.4 is 8.43 Å². The molecule has 12 heavy (non-hydrogen) atoms. The largest absolute Gasteiger partial charge is 0.359 e. The molecule has 0 bridgehead atoms. The van der Waals surface area contributed by atoms with Gasteiger partial charge in [-0.3, -0.25) is 4.79 Å². The Morgan fingerprint density at radius 1 is 1.67 bits per heavy atom. The molecule has 1 N–H and O–H groups in total. The molecule has 0 aliphatic carbocycles. The van der Waals surface area contributed by atoms with Gasteiger partial charge in [0, 0.05) is 6.20 Å². The van der Waals surface area contributed by atoms with Crippen LogP contribution in [0.25, 0.3) is 0 Å². The van der Waals surface area contributed by atoms with E-state index < -0.39 is 0 Å². The highest BCUT2D eigenvalue weighted by atomic mass is 127. The molecule has 1 amide bonds. The summed E-state index contributed by atoms with van der Waals surface area (Å²) in [5, 5.41) is 2.94. The maximum absolute atomic E-state index is 11.2. The maximum Gasteiger partial charge on any atom is 0.255 e. The quantitative estimate of drug-likeness (QED) is 0.571. The third-order valence-electron chi connectivity index (χ3n) is 1.62. The summed E-state index contributed by atoms with van der Waals surface area (Å²) in [7, 11) is 0. The van der Waals surface area contributed by atoms with Gasteiger partial charge in [0.25, 0.3) is 5.91 Å². The predicted octanol–water partition coefficient (Wildman–Crippen LogP) is 1.19. The van der Waals surface area contributed by atoms with Gasteiger partial charge in [-0.2, -0.15) is 0 Å². The lowest BCUT2D eigenvalue weighted by Crippen LogP contribution is -2.33. The number of carbonyl (C=O) groups excluding carboxylic acids is 1. The SMILES string of the molecule is O=C1CNc2ncccc2N1I. The van der Waals surface area contributed by atoms with Crippen LogP contribution in [0.4, 0.5) is 11.5 Å². The number of rotatable bonds is 0. The zero-order valence-corrected chi connectivity index (χ0v) is 8.28. The van der Waals surface area contributed by atoms with E-state index >= 15 is 0 Å². The Morgan fingerprint density at radius 3 is 3.33 bits per heavy atom. The minimum atomic E-state index is 0.0519. The summed E-state index contributed by atoms with van der Waals surface area (Å²) in [6, 6.07) is 3.67. The molecule has 0 saturated carbocycles. The second-order valence-corrected chi connectivity index (χ2v) is 3.36. The third kappa shape index (κ3) is 1.13. The van der Waals surface area contributed by atoms with Crippen molar-refractivity contribution in [2.45, 2.75) is 0 Å². The minimum absolute atomic E-state index is 0.0519. The van der Waals surface area contributed by atoms with Gasteiger partial charge in [-0.15, -0.1) is 0 Å². The molecule has 2 heterocycles. The van der Waals surface area contributed by atoms with Crippen molar-refractivity contribution in [3.63, 3.8) is 0 Å². The van der Waals surface area contributed by atoms with Gasteiger partial charge in [-0.25, -0.2) is 8.10 Å². The van der Waals surface area contributed by atoms with Gasteiger partial charge in [0.15, 0.2) is 5.82 Å². The summed E-state index contributed by atoms with van der Waals surface area (Å²) in [4.78, 5) is 15.3. The summed E-state index contributed by atoms with van der Waals surface area (Å²) >= 11 is 1.98. The fourth-order valence-electron chi connectivity index (χ4n) is 1.05. The topological polar surface area (TPSA) is 45.2 Å². The van der Waals surface area contributed by atoms with E-state index in [4.69, 9.17) is 0 Å². The molecule has 1 aromatic rings. The van der Waals surface area contributed by atoms with Gasteiger partial charge < -0.3 is 5.32 Å². The number of amides is 1. The standard InChI is InChI=1S/C7H6IN3O/c8-11-5-2-1-3-9-7(5)10-4-6(11)12/h1-3H,4H2,(H,9,10). The molecule has 0 radical (unpaired) electrons. The molecule has 4 nitrogen and oxygen atoms in total. The van der Waals surface area contributed by atoms with Crippen LogP contribution >= 0.6 is 22.9 Å². The molecule has 1 aliphatic heterocycles. The van der Waals surface area contributed by atoms with Gasteiger partial charge in [-0.05, 0) is 12.1 Å². The molecule has 0 saturated heterocycles. The van der Waals surface area contributed by atoms with Crippen LogP contribution in [0.15, 0.2) is 18.3 Å². The summed E-state index contributed by atoms with van der Waals surface area (Å²) in [6.07, 6.45) is 1.70. The van der Waals surface area contributed by atoms with Crippen molar-refractivity contribution in [2.24, 2.45) is 0 Å². The summed E-state index contributed by atoms with van der Waals surface area (Å²) in [5.74, 6) is 0.822. The molecular formula is C7H6IN3O. The lowest BCUT2D eigenvalue weighted by atomic mass is 10.3.